The van der Waals surface area contributed by atoms with E-state index in [0.717, 1.165) is 55.7 Å². The molecule has 9 rings (SSSR count). The van der Waals surface area contributed by atoms with Gasteiger partial charge in [-0.2, -0.15) is 9.13 Å². The van der Waals surface area contributed by atoms with Gasteiger partial charge in [0, 0.05) is 83.5 Å². The Morgan fingerprint density at radius 2 is 0.897 bits per heavy atom. The molecule has 8 heteroatoms. The molecule has 0 saturated heterocycles. The number of aromatic nitrogens is 2. The van der Waals surface area contributed by atoms with Gasteiger partial charge in [-0.25, -0.2) is 0 Å². The molecule has 7 aromatic rings. The monoisotopic (exact) mass is 768 g/mol. The lowest BCUT2D eigenvalue weighted by Gasteiger charge is -2.31. The van der Waals surface area contributed by atoms with Crippen LogP contribution in [-0.2, 0) is 23.9 Å². The fourth-order valence-electron chi connectivity index (χ4n) is 9.98. The summed E-state index contributed by atoms with van der Waals surface area (Å²) in [7, 11) is 4.04. The fourth-order valence-corrected chi connectivity index (χ4v) is 9.98. The summed E-state index contributed by atoms with van der Waals surface area (Å²) in [5.74, 6) is 0. The first-order valence-corrected chi connectivity index (χ1v) is 20.2. The van der Waals surface area contributed by atoms with Crippen LogP contribution in [0.3, 0.4) is 0 Å². The van der Waals surface area contributed by atoms with E-state index in [1.807, 2.05) is 74.8 Å². The molecule has 0 fully saturated rings. The zero-order valence-corrected chi connectivity index (χ0v) is 34.4. The maximum Gasteiger partial charge on any atom is 0.212 e. The minimum atomic E-state index is -0.436. The van der Waals surface area contributed by atoms with Crippen LogP contribution in [0.15, 0.2) is 104 Å². The van der Waals surface area contributed by atoms with E-state index >= 15 is 0 Å². The molecule has 0 saturated carbocycles. The van der Waals surface area contributed by atoms with E-state index in [1.165, 1.54) is 0 Å². The van der Waals surface area contributed by atoms with Crippen LogP contribution in [0.1, 0.15) is 64.1 Å². The van der Waals surface area contributed by atoms with Crippen molar-refractivity contribution in [3.8, 4) is 0 Å². The van der Waals surface area contributed by atoms with Gasteiger partial charge in [0.25, 0.3) is 0 Å². The molecule has 2 aliphatic heterocycles. The first kappa shape index (κ1) is 37.3. The number of pyridine rings is 2. The normalized spacial score (nSPS) is 17.9. The standard InChI is InChI=1S/C50H48N4O4/c1-9-53-31(21-19-29-15-11-13-17-39(29)53)23-33-45(55)35(46(33)56)25-43-49(3,4)37-27-42-38(28-41(37)51(43)7)50(5,6)44(52(42)8)26-36-47(57)34(48(36)58)24-32-22-20-30-16-12-14-18-40(30)54(32)10-2/h11-28,43-44H,9-10H2,1-8H3/q+2. The van der Waals surface area contributed by atoms with Crippen LogP contribution in [0.2, 0.25) is 0 Å². The Morgan fingerprint density at radius 1 is 0.534 bits per heavy atom. The molecular weight excluding hydrogens is 721 g/mol. The Morgan fingerprint density at radius 3 is 1.26 bits per heavy atom. The molecule has 0 spiro atoms. The highest BCUT2D eigenvalue weighted by Gasteiger charge is 2.48. The average Bonchev–Trinajstić information content (AvgIpc) is 3.53. The predicted octanol–water partition coefficient (Wildman–Crippen LogP) is 2.61. The quantitative estimate of drug-likeness (QED) is 0.242. The SMILES string of the molecule is CC[n+]1c(C=c2c(=O)c(=CC3N(C)c4cc5c(cc4C3(C)C)N(C)C(C=c3c(=O)c(=Cc4ccc6ccccc6[n+]4CC)c3=O)C5(C)C)c2=O)ccc2ccccc21. The molecular formula is C50H48N4O4+2. The number of rotatable bonds is 6. The van der Waals surface area contributed by atoms with E-state index in [0.29, 0.717) is 13.1 Å². The molecule has 5 aromatic carbocycles. The number of benzene rings is 3. The molecule has 58 heavy (non-hydrogen) atoms. The van der Waals surface area contributed by atoms with Crippen LogP contribution < -0.4 is 61.5 Å². The summed E-state index contributed by atoms with van der Waals surface area (Å²) < 4.78 is 4.25. The highest BCUT2D eigenvalue weighted by Crippen LogP contribution is 2.53. The first-order valence-electron chi connectivity index (χ1n) is 20.2. The van der Waals surface area contributed by atoms with Crippen LogP contribution >= 0.6 is 0 Å². The first-order chi connectivity index (χ1) is 27.7. The third kappa shape index (κ3) is 5.26. The van der Waals surface area contributed by atoms with Gasteiger partial charge in [0.05, 0.1) is 33.0 Å². The van der Waals surface area contributed by atoms with Crippen LogP contribution in [0.5, 0.6) is 0 Å². The number of hydrogen-bond acceptors (Lipinski definition) is 6. The third-order valence-electron chi connectivity index (χ3n) is 13.3. The topological polar surface area (TPSA) is 82.5 Å². The summed E-state index contributed by atoms with van der Waals surface area (Å²) in [5.41, 5.74) is 6.30. The summed E-state index contributed by atoms with van der Waals surface area (Å²) in [5, 5.41) is 3.10. The van der Waals surface area contributed by atoms with Crippen molar-refractivity contribution >= 4 is 57.5 Å². The minimum absolute atomic E-state index is 0.214. The summed E-state index contributed by atoms with van der Waals surface area (Å²) in [6.07, 6.45) is 7.20. The Bertz CT molecular complexity index is 3020. The van der Waals surface area contributed by atoms with E-state index in [1.54, 1.807) is 12.2 Å². The second-order valence-electron chi connectivity index (χ2n) is 17.2. The fraction of sp³-hybridized carbons (Fsp3) is 0.280. The van der Waals surface area contributed by atoms with Crippen molar-refractivity contribution in [3.63, 3.8) is 0 Å². The Hall–Kier alpha value is -6.28. The summed E-state index contributed by atoms with van der Waals surface area (Å²) in [6.45, 7) is 14.2. The van der Waals surface area contributed by atoms with Crippen molar-refractivity contribution in [1.29, 1.82) is 0 Å². The van der Waals surface area contributed by atoms with Crippen molar-refractivity contribution in [2.45, 2.75) is 77.5 Å². The van der Waals surface area contributed by atoms with Gasteiger partial charge in [0.1, 0.15) is 13.1 Å². The lowest BCUT2D eigenvalue weighted by molar-refractivity contribution is -0.669. The van der Waals surface area contributed by atoms with Gasteiger partial charge in [-0.3, -0.25) is 19.2 Å². The van der Waals surface area contributed by atoms with Crippen molar-refractivity contribution < 1.29 is 9.13 Å². The Kier molecular flexibility index (Phi) is 8.45. The molecule has 0 bridgehead atoms. The van der Waals surface area contributed by atoms with E-state index in [4.69, 9.17) is 0 Å². The molecule has 0 radical (unpaired) electrons. The average molecular weight is 769 g/mol. The van der Waals surface area contributed by atoms with Gasteiger partial charge in [-0.1, -0.05) is 52.0 Å². The van der Waals surface area contributed by atoms with Crippen LogP contribution in [0.4, 0.5) is 11.4 Å². The molecule has 0 amide bonds. The van der Waals surface area contributed by atoms with Crippen LogP contribution in [-0.4, -0.2) is 26.2 Å². The van der Waals surface area contributed by atoms with E-state index in [2.05, 4.69) is 96.9 Å². The van der Waals surface area contributed by atoms with Crippen molar-refractivity contribution in [2.24, 2.45) is 0 Å². The molecule has 2 aromatic heterocycles. The lowest BCUT2D eigenvalue weighted by atomic mass is 9.77. The lowest BCUT2D eigenvalue weighted by Crippen LogP contribution is -2.65. The largest absolute Gasteiger partial charge is 0.367 e. The van der Waals surface area contributed by atoms with Gasteiger partial charge < -0.3 is 9.80 Å². The molecule has 2 aliphatic rings. The number of aryl methyl sites for hydroxylation is 2. The number of hydrogen-bond donors (Lipinski definition) is 0. The molecule has 2 unspecified atom stereocenters. The molecule has 290 valence electrons. The molecule has 0 aliphatic carbocycles. The van der Waals surface area contributed by atoms with Gasteiger partial charge in [-0.15, -0.1) is 0 Å². The third-order valence-corrected chi connectivity index (χ3v) is 13.3. The second kappa shape index (κ2) is 13.1. The van der Waals surface area contributed by atoms with E-state index in [-0.39, 0.29) is 54.7 Å². The Balaban J connectivity index is 1.05. The highest BCUT2D eigenvalue weighted by molar-refractivity contribution is 5.80. The molecule has 2 atom stereocenters. The molecule has 8 nitrogen and oxygen atoms in total. The van der Waals surface area contributed by atoms with Crippen molar-refractivity contribution in [1.82, 2.24) is 0 Å². The van der Waals surface area contributed by atoms with Gasteiger partial charge >= 0.3 is 0 Å². The number of para-hydroxylation sites is 2. The number of anilines is 2. The predicted molar refractivity (Wildman–Crippen MR) is 234 cm³/mol. The summed E-state index contributed by atoms with van der Waals surface area (Å²) in [4.78, 5) is 58.9. The summed E-state index contributed by atoms with van der Waals surface area (Å²) in [6, 6.07) is 28.2. The maximum absolute atomic E-state index is 13.6. The number of fused-ring (bicyclic) bond motifs is 4. The second-order valence-corrected chi connectivity index (χ2v) is 17.2. The Labute approximate surface area is 336 Å². The van der Waals surface area contributed by atoms with E-state index < -0.39 is 10.8 Å². The van der Waals surface area contributed by atoms with E-state index in [9.17, 15) is 19.2 Å². The minimum Gasteiger partial charge on any atom is -0.367 e. The van der Waals surface area contributed by atoms with Crippen LogP contribution in [0, 0.1) is 0 Å². The van der Waals surface area contributed by atoms with Gasteiger partial charge in [-0.05, 0) is 73.5 Å². The maximum atomic E-state index is 13.6. The van der Waals surface area contributed by atoms with Crippen LogP contribution in [0.25, 0.3) is 46.1 Å². The summed E-state index contributed by atoms with van der Waals surface area (Å²) >= 11 is 0. The van der Waals surface area contributed by atoms with Gasteiger partial charge in [0.2, 0.25) is 44.1 Å². The zero-order valence-electron chi connectivity index (χ0n) is 34.4. The zero-order chi connectivity index (χ0) is 41.0. The molecule has 4 heterocycles. The number of nitrogens with zero attached hydrogens (tertiary/aromatic N) is 4. The molecule has 0 N–H and O–H groups in total. The van der Waals surface area contributed by atoms with Crippen molar-refractivity contribution in [3.05, 3.63) is 169 Å². The smallest absolute Gasteiger partial charge is 0.212 e. The highest BCUT2D eigenvalue weighted by atomic mass is 16.1. The van der Waals surface area contributed by atoms with Gasteiger partial charge in [0.15, 0.2) is 0 Å². The number of likely N-dealkylation sites (N-methyl/N-ethyl adjacent to an activating group) is 2. The van der Waals surface area contributed by atoms with Crippen molar-refractivity contribution in [2.75, 3.05) is 23.9 Å².